The van der Waals surface area contributed by atoms with Crippen LogP contribution in [-0.2, 0) is 11.3 Å². The Morgan fingerprint density at radius 3 is 2.50 bits per heavy atom. The zero-order chi connectivity index (χ0) is 22.3. The molecule has 2 amide bonds. The Bertz CT molecular complexity index is 957. The van der Waals surface area contributed by atoms with Crippen LogP contribution in [0, 0.1) is 12.8 Å². The third kappa shape index (κ3) is 5.22. The number of nitrogens with zero attached hydrogens (tertiary/aromatic N) is 3. The molecule has 1 fully saturated rings. The van der Waals surface area contributed by atoms with Crippen LogP contribution in [0.3, 0.4) is 0 Å². The number of nitrogens with one attached hydrogen (secondary N) is 1. The molecule has 1 aromatic heterocycles. The standard InChI is InChI=1S/C20H25F3N4O3/c1-12-14(17(28)24-11-20(21,22)23)5-6-16-15(12)10-27(25-16)9-13-7-26(8-13)18(29)30-19(2,3)4/h5-6,10,13H,7-9,11H2,1-4H3,(H,24,28). The Balaban J connectivity index is 1.63. The minimum Gasteiger partial charge on any atom is -0.444 e. The van der Waals surface area contributed by atoms with E-state index in [4.69, 9.17) is 4.74 Å². The molecule has 0 spiro atoms. The summed E-state index contributed by atoms with van der Waals surface area (Å²) < 4.78 is 44.1. The van der Waals surface area contributed by atoms with Crippen LogP contribution < -0.4 is 5.32 Å². The molecular formula is C20H25F3N4O3. The van der Waals surface area contributed by atoms with Crippen LogP contribution >= 0.6 is 0 Å². The molecule has 1 saturated heterocycles. The summed E-state index contributed by atoms with van der Waals surface area (Å²) in [6, 6.07) is 3.10. The summed E-state index contributed by atoms with van der Waals surface area (Å²) in [5.41, 5.74) is 0.875. The normalized spacial score (nSPS) is 15.2. The van der Waals surface area contributed by atoms with E-state index in [-0.39, 0.29) is 17.6 Å². The van der Waals surface area contributed by atoms with Crippen molar-refractivity contribution in [3.63, 3.8) is 0 Å². The van der Waals surface area contributed by atoms with Gasteiger partial charge in [-0.05, 0) is 45.4 Å². The number of alkyl halides is 3. The average molecular weight is 426 g/mol. The van der Waals surface area contributed by atoms with E-state index in [9.17, 15) is 22.8 Å². The summed E-state index contributed by atoms with van der Waals surface area (Å²) in [5, 5.41) is 7.08. The van der Waals surface area contributed by atoms with Crippen molar-refractivity contribution in [2.24, 2.45) is 5.92 Å². The molecule has 0 unspecified atom stereocenters. The predicted molar refractivity (Wildman–Crippen MR) is 104 cm³/mol. The zero-order valence-corrected chi connectivity index (χ0v) is 17.3. The molecule has 10 heteroatoms. The van der Waals surface area contributed by atoms with E-state index in [1.165, 1.54) is 6.07 Å². The van der Waals surface area contributed by atoms with Crippen molar-refractivity contribution < 1.29 is 27.5 Å². The smallest absolute Gasteiger partial charge is 0.410 e. The topological polar surface area (TPSA) is 76.5 Å². The van der Waals surface area contributed by atoms with Gasteiger partial charge in [0.2, 0.25) is 0 Å². The minimum atomic E-state index is -4.46. The second kappa shape index (κ2) is 7.81. The summed E-state index contributed by atoms with van der Waals surface area (Å²) in [7, 11) is 0. The molecular weight excluding hydrogens is 401 g/mol. The third-order valence-corrected chi connectivity index (χ3v) is 4.75. The number of hydrogen-bond donors (Lipinski definition) is 1. The highest BCUT2D eigenvalue weighted by atomic mass is 19.4. The Morgan fingerprint density at radius 2 is 1.90 bits per heavy atom. The van der Waals surface area contributed by atoms with E-state index in [1.54, 1.807) is 28.8 Å². The van der Waals surface area contributed by atoms with Crippen LogP contribution in [0.15, 0.2) is 18.3 Å². The van der Waals surface area contributed by atoms with E-state index >= 15 is 0 Å². The number of halogens is 3. The Hall–Kier alpha value is -2.78. The molecule has 0 bridgehead atoms. The summed E-state index contributed by atoms with van der Waals surface area (Å²) in [6.07, 6.45) is -3.02. The van der Waals surface area contributed by atoms with Gasteiger partial charge in [-0.3, -0.25) is 9.48 Å². The number of ether oxygens (including phenoxy) is 1. The maximum atomic E-state index is 12.3. The molecule has 1 aromatic carbocycles. The fourth-order valence-corrected chi connectivity index (χ4v) is 3.32. The van der Waals surface area contributed by atoms with E-state index in [0.717, 1.165) is 0 Å². The lowest BCUT2D eigenvalue weighted by atomic mass is 10.0. The monoisotopic (exact) mass is 426 g/mol. The maximum absolute atomic E-state index is 12.3. The molecule has 1 N–H and O–H groups in total. The molecule has 164 valence electrons. The number of benzene rings is 1. The highest BCUT2D eigenvalue weighted by Gasteiger charge is 2.34. The van der Waals surface area contributed by atoms with Crippen LogP contribution in [0.1, 0.15) is 36.7 Å². The number of carbonyl (C=O) groups is 2. The van der Waals surface area contributed by atoms with Crippen LogP contribution in [0.2, 0.25) is 0 Å². The number of rotatable bonds is 4. The van der Waals surface area contributed by atoms with Gasteiger partial charge in [0.05, 0.1) is 5.52 Å². The van der Waals surface area contributed by atoms with Crippen LogP contribution in [0.25, 0.3) is 10.9 Å². The van der Waals surface area contributed by atoms with Gasteiger partial charge in [0, 0.05) is 42.7 Å². The first-order chi connectivity index (χ1) is 13.8. The van der Waals surface area contributed by atoms with Gasteiger partial charge in [0.25, 0.3) is 5.91 Å². The summed E-state index contributed by atoms with van der Waals surface area (Å²) in [5.74, 6) is -0.548. The Morgan fingerprint density at radius 1 is 1.23 bits per heavy atom. The number of hydrogen-bond acceptors (Lipinski definition) is 4. The van der Waals surface area contributed by atoms with Crippen LogP contribution in [0.5, 0.6) is 0 Å². The SMILES string of the molecule is Cc1c(C(=O)NCC(F)(F)F)ccc2nn(CC3CN(C(=O)OC(C)(C)C)C3)cc12. The van der Waals surface area contributed by atoms with Gasteiger partial charge < -0.3 is 15.0 Å². The van der Waals surface area contributed by atoms with Gasteiger partial charge in [0.15, 0.2) is 0 Å². The highest BCUT2D eigenvalue weighted by Crippen LogP contribution is 2.24. The highest BCUT2D eigenvalue weighted by molar-refractivity contribution is 6.00. The lowest BCUT2D eigenvalue weighted by molar-refractivity contribution is -0.123. The Kier molecular flexibility index (Phi) is 5.70. The van der Waals surface area contributed by atoms with Crippen molar-refractivity contribution in [3.05, 3.63) is 29.5 Å². The molecule has 0 atom stereocenters. The lowest BCUT2D eigenvalue weighted by Gasteiger charge is -2.39. The predicted octanol–water partition coefficient (Wildman–Crippen LogP) is 3.50. The molecule has 0 radical (unpaired) electrons. The summed E-state index contributed by atoms with van der Waals surface area (Å²) in [4.78, 5) is 25.8. The van der Waals surface area contributed by atoms with E-state index in [2.05, 4.69) is 5.10 Å². The number of aromatic nitrogens is 2. The molecule has 2 heterocycles. The van der Waals surface area contributed by atoms with Crippen molar-refractivity contribution in [1.29, 1.82) is 0 Å². The van der Waals surface area contributed by atoms with Gasteiger partial charge in [0.1, 0.15) is 12.1 Å². The first-order valence-corrected chi connectivity index (χ1v) is 9.62. The molecule has 0 saturated carbocycles. The van der Waals surface area contributed by atoms with Gasteiger partial charge >= 0.3 is 12.3 Å². The lowest BCUT2D eigenvalue weighted by Crippen LogP contribution is -2.52. The zero-order valence-electron chi connectivity index (χ0n) is 17.3. The van der Waals surface area contributed by atoms with Crippen LogP contribution in [-0.4, -0.2) is 58.1 Å². The van der Waals surface area contributed by atoms with E-state index in [0.29, 0.717) is 36.1 Å². The number of fused-ring (bicyclic) bond motifs is 1. The van der Waals surface area contributed by atoms with Crippen molar-refractivity contribution in [2.45, 2.75) is 46.0 Å². The number of likely N-dealkylation sites (tertiary alicyclic amines) is 1. The molecule has 1 aliphatic heterocycles. The third-order valence-electron chi connectivity index (χ3n) is 4.75. The largest absolute Gasteiger partial charge is 0.444 e. The number of aryl methyl sites for hydroxylation is 1. The Labute approximate surface area is 172 Å². The fourth-order valence-electron chi connectivity index (χ4n) is 3.32. The fraction of sp³-hybridized carbons (Fsp3) is 0.550. The van der Waals surface area contributed by atoms with Gasteiger partial charge in [-0.2, -0.15) is 18.3 Å². The first kappa shape index (κ1) is 21.9. The molecule has 3 rings (SSSR count). The van der Waals surface area contributed by atoms with Crippen molar-refractivity contribution in [2.75, 3.05) is 19.6 Å². The number of amides is 2. The quantitative estimate of drug-likeness (QED) is 0.812. The maximum Gasteiger partial charge on any atom is 0.410 e. The van der Waals surface area contributed by atoms with E-state index in [1.807, 2.05) is 26.1 Å². The second-order valence-corrected chi connectivity index (χ2v) is 8.57. The summed E-state index contributed by atoms with van der Waals surface area (Å²) >= 11 is 0. The van der Waals surface area contributed by atoms with Crippen molar-refractivity contribution >= 4 is 22.9 Å². The van der Waals surface area contributed by atoms with Gasteiger partial charge in [-0.15, -0.1) is 0 Å². The average Bonchev–Trinajstić information content (AvgIpc) is 2.97. The first-order valence-electron chi connectivity index (χ1n) is 9.62. The van der Waals surface area contributed by atoms with Gasteiger partial charge in [-0.1, -0.05) is 0 Å². The van der Waals surface area contributed by atoms with Crippen molar-refractivity contribution in [3.8, 4) is 0 Å². The molecule has 30 heavy (non-hydrogen) atoms. The molecule has 0 aliphatic carbocycles. The minimum absolute atomic E-state index is 0.186. The summed E-state index contributed by atoms with van der Waals surface area (Å²) in [6.45, 7) is 7.47. The molecule has 2 aromatic rings. The van der Waals surface area contributed by atoms with Crippen LogP contribution in [0.4, 0.5) is 18.0 Å². The van der Waals surface area contributed by atoms with Crippen molar-refractivity contribution in [1.82, 2.24) is 20.0 Å². The van der Waals surface area contributed by atoms with Gasteiger partial charge in [-0.25, -0.2) is 4.79 Å². The molecule has 1 aliphatic rings. The molecule has 7 nitrogen and oxygen atoms in total. The second-order valence-electron chi connectivity index (χ2n) is 8.57. The number of carbonyl (C=O) groups excluding carboxylic acids is 2. The van der Waals surface area contributed by atoms with E-state index < -0.39 is 24.2 Å².